The molecule has 0 aliphatic carbocycles. The number of hydrogen-bond acceptors (Lipinski definition) is 1. The van der Waals surface area contributed by atoms with E-state index < -0.39 is 0 Å². The Bertz CT molecular complexity index is 145. The summed E-state index contributed by atoms with van der Waals surface area (Å²) < 4.78 is 0. The van der Waals surface area contributed by atoms with Crippen molar-refractivity contribution in [2.45, 2.75) is 32.9 Å². The first-order chi connectivity index (χ1) is 4.61. The van der Waals surface area contributed by atoms with E-state index in [-0.39, 0.29) is 12.1 Å². The van der Waals surface area contributed by atoms with Crippen molar-refractivity contribution in [1.29, 1.82) is 0 Å². The third kappa shape index (κ3) is 1.62. The predicted molar refractivity (Wildman–Crippen MR) is 39.8 cm³/mol. The van der Waals surface area contributed by atoms with Crippen LogP contribution in [0.25, 0.3) is 0 Å². The van der Waals surface area contributed by atoms with E-state index >= 15 is 0 Å². The van der Waals surface area contributed by atoms with Crippen LogP contribution in [-0.4, -0.2) is 29.6 Å². The average molecular weight is 142 g/mol. The summed E-state index contributed by atoms with van der Waals surface area (Å²) in [6.07, 6.45) is 0. The maximum absolute atomic E-state index is 11.0. The Balaban J connectivity index is 2.23. The summed E-state index contributed by atoms with van der Waals surface area (Å²) in [5.41, 5.74) is 0. The highest BCUT2D eigenvalue weighted by Crippen LogP contribution is 2.15. The van der Waals surface area contributed by atoms with Crippen LogP contribution in [0.15, 0.2) is 0 Å². The minimum atomic E-state index is 0.0718. The Morgan fingerprint density at radius 2 is 2.20 bits per heavy atom. The first kappa shape index (κ1) is 7.38. The van der Waals surface area contributed by atoms with Gasteiger partial charge in [0, 0.05) is 18.6 Å². The van der Waals surface area contributed by atoms with Gasteiger partial charge < -0.3 is 10.2 Å². The first-order valence-electron chi connectivity index (χ1n) is 3.68. The summed E-state index contributed by atoms with van der Waals surface area (Å²) in [4.78, 5) is 12.8. The minimum Gasteiger partial charge on any atom is -0.336 e. The fourth-order valence-electron chi connectivity index (χ4n) is 0.850. The summed E-state index contributed by atoms with van der Waals surface area (Å²) >= 11 is 0. The Kier molecular flexibility index (Phi) is 1.83. The molecule has 58 valence electrons. The van der Waals surface area contributed by atoms with E-state index in [1.807, 2.05) is 20.8 Å². The summed E-state index contributed by atoms with van der Waals surface area (Å²) in [6, 6.07) is 0.779. The fourth-order valence-corrected chi connectivity index (χ4v) is 0.850. The minimum absolute atomic E-state index is 0.0718. The molecular formula is C7H14N2O. The van der Waals surface area contributed by atoms with Gasteiger partial charge in [0.25, 0.3) is 0 Å². The molecule has 3 heteroatoms. The second-order valence-corrected chi connectivity index (χ2v) is 3.11. The molecule has 1 aliphatic rings. The number of carbonyl (C=O) groups excluding carboxylic acids is 1. The largest absolute Gasteiger partial charge is 0.336 e. The topological polar surface area (TPSA) is 32.1 Å². The third-order valence-corrected chi connectivity index (χ3v) is 1.53. The lowest BCUT2D eigenvalue weighted by Gasteiger charge is -2.08. The van der Waals surface area contributed by atoms with Gasteiger partial charge in [-0.1, -0.05) is 0 Å². The molecule has 3 nitrogen and oxygen atoms in total. The molecule has 1 rings (SSSR count). The summed E-state index contributed by atoms with van der Waals surface area (Å²) in [7, 11) is 0. The molecule has 0 aromatic carbocycles. The zero-order valence-electron chi connectivity index (χ0n) is 6.72. The van der Waals surface area contributed by atoms with Gasteiger partial charge in [0.2, 0.25) is 0 Å². The monoisotopic (exact) mass is 142 g/mol. The van der Waals surface area contributed by atoms with E-state index in [9.17, 15) is 4.79 Å². The number of amides is 2. The van der Waals surface area contributed by atoms with Gasteiger partial charge in [-0.05, 0) is 20.8 Å². The first-order valence-corrected chi connectivity index (χ1v) is 3.68. The predicted octanol–water partition coefficient (Wildman–Crippen LogP) is 0.808. The quantitative estimate of drug-likeness (QED) is 0.540. The van der Waals surface area contributed by atoms with Gasteiger partial charge in [-0.2, -0.15) is 0 Å². The SMILES string of the molecule is CC(C)NC(=O)N1CC1C. The number of hydrogen-bond donors (Lipinski definition) is 1. The standard InChI is InChI=1S/C7H14N2O/c1-5(2)8-7(10)9-4-6(9)3/h5-6H,4H2,1-3H3,(H,8,10). The summed E-state index contributed by atoms with van der Waals surface area (Å²) in [5, 5.41) is 2.82. The molecule has 1 heterocycles. The average Bonchev–Trinajstić information content (AvgIpc) is 2.44. The zero-order chi connectivity index (χ0) is 7.72. The molecule has 0 spiro atoms. The van der Waals surface area contributed by atoms with Gasteiger partial charge in [-0.15, -0.1) is 0 Å². The smallest absolute Gasteiger partial charge is 0.317 e. The molecule has 1 N–H and O–H groups in total. The van der Waals surface area contributed by atoms with Crippen LogP contribution in [0.5, 0.6) is 0 Å². The zero-order valence-corrected chi connectivity index (χ0v) is 6.72. The van der Waals surface area contributed by atoms with Crippen molar-refractivity contribution in [2.75, 3.05) is 6.54 Å². The normalized spacial score (nSPS) is 23.2. The van der Waals surface area contributed by atoms with Crippen molar-refractivity contribution in [2.24, 2.45) is 0 Å². The lowest BCUT2D eigenvalue weighted by molar-refractivity contribution is 0.225. The van der Waals surface area contributed by atoms with Gasteiger partial charge in [0.15, 0.2) is 0 Å². The van der Waals surface area contributed by atoms with E-state index in [0.29, 0.717) is 6.04 Å². The van der Waals surface area contributed by atoms with Crippen LogP contribution in [-0.2, 0) is 0 Å². The lowest BCUT2D eigenvalue weighted by Crippen LogP contribution is -2.34. The third-order valence-electron chi connectivity index (χ3n) is 1.53. The highest BCUT2D eigenvalue weighted by Gasteiger charge is 2.33. The number of nitrogens with one attached hydrogen (secondary N) is 1. The van der Waals surface area contributed by atoms with Gasteiger partial charge in [0.1, 0.15) is 0 Å². The molecule has 0 aromatic rings. The van der Waals surface area contributed by atoms with Crippen molar-refractivity contribution in [1.82, 2.24) is 10.2 Å². The van der Waals surface area contributed by atoms with E-state index in [0.717, 1.165) is 6.54 Å². The molecule has 2 amide bonds. The molecule has 1 atom stereocenters. The van der Waals surface area contributed by atoms with Gasteiger partial charge in [0.05, 0.1) is 0 Å². The van der Waals surface area contributed by atoms with Crippen LogP contribution in [0.3, 0.4) is 0 Å². The van der Waals surface area contributed by atoms with Gasteiger partial charge >= 0.3 is 6.03 Å². The summed E-state index contributed by atoms with van der Waals surface area (Å²) in [6.45, 7) is 6.89. The van der Waals surface area contributed by atoms with Gasteiger partial charge in [-0.25, -0.2) is 4.79 Å². The van der Waals surface area contributed by atoms with Crippen LogP contribution in [0.2, 0.25) is 0 Å². The molecule has 0 bridgehead atoms. The highest BCUT2D eigenvalue weighted by atomic mass is 16.2. The number of urea groups is 1. The van der Waals surface area contributed by atoms with Crippen LogP contribution < -0.4 is 5.32 Å². The second kappa shape index (κ2) is 2.48. The van der Waals surface area contributed by atoms with Crippen molar-refractivity contribution >= 4 is 6.03 Å². The van der Waals surface area contributed by atoms with Crippen LogP contribution in [0.1, 0.15) is 20.8 Å². The molecule has 1 aliphatic heterocycles. The fraction of sp³-hybridized carbons (Fsp3) is 0.857. The van der Waals surface area contributed by atoms with Crippen molar-refractivity contribution in [3.05, 3.63) is 0 Å². The molecule has 1 fully saturated rings. The highest BCUT2D eigenvalue weighted by molar-refractivity contribution is 5.77. The maximum atomic E-state index is 11.0. The van der Waals surface area contributed by atoms with Crippen LogP contribution in [0.4, 0.5) is 4.79 Å². The number of rotatable bonds is 1. The van der Waals surface area contributed by atoms with E-state index in [4.69, 9.17) is 0 Å². The maximum Gasteiger partial charge on any atom is 0.317 e. The van der Waals surface area contributed by atoms with E-state index in [1.54, 1.807) is 4.90 Å². The second-order valence-electron chi connectivity index (χ2n) is 3.11. The Morgan fingerprint density at radius 3 is 2.50 bits per heavy atom. The van der Waals surface area contributed by atoms with Crippen LogP contribution >= 0.6 is 0 Å². The van der Waals surface area contributed by atoms with Crippen molar-refractivity contribution in [3.63, 3.8) is 0 Å². The molecule has 1 saturated heterocycles. The Hall–Kier alpha value is -0.730. The molecular weight excluding hydrogens is 128 g/mol. The van der Waals surface area contributed by atoms with E-state index in [1.165, 1.54) is 0 Å². The number of carbonyl (C=O) groups is 1. The van der Waals surface area contributed by atoms with Gasteiger partial charge in [-0.3, -0.25) is 0 Å². The Labute approximate surface area is 61.4 Å². The summed E-state index contributed by atoms with van der Waals surface area (Å²) in [5.74, 6) is 0. The molecule has 0 saturated carbocycles. The lowest BCUT2D eigenvalue weighted by atomic mass is 10.4. The molecule has 0 radical (unpaired) electrons. The molecule has 10 heavy (non-hydrogen) atoms. The van der Waals surface area contributed by atoms with E-state index in [2.05, 4.69) is 5.32 Å². The van der Waals surface area contributed by atoms with Crippen molar-refractivity contribution < 1.29 is 4.79 Å². The molecule has 0 aromatic heterocycles. The molecule has 1 unspecified atom stereocenters. The number of nitrogens with zero attached hydrogens (tertiary/aromatic N) is 1. The Morgan fingerprint density at radius 1 is 1.70 bits per heavy atom. The van der Waals surface area contributed by atoms with Crippen molar-refractivity contribution in [3.8, 4) is 0 Å². The van der Waals surface area contributed by atoms with Crippen LogP contribution in [0, 0.1) is 0 Å².